The van der Waals surface area contributed by atoms with Crippen molar-refractivity contribution in [2.45, 2.75) is 13.3 Å². The standard InChI is InChI=1S/C12H12BrClN2O2/c1-6-2-8(13)10(4-9(6)14)16-5-7(12(15)18)3-11(16)17/h2,4,7H,3,5H2,1H3,(H2,15,18). The number of benzene rings is 1. The Bertz CT molecular complexity index is 533. The molecule has 1 fully saturated rings. The molecule has 6 heteroatoms. The molecule has 1 atom stereocenters. The molecule has 1 aromatic carbocycles. The molecule has 1 heterocycles. The van der Waals surface area contributed by atoms with Crippen LogP contribution in [-0.4, -0.2) is 18.4 Å². The number of primary amides is 1. The second-order valence-corrected chi connectivity index (χ2v) is 5.62. The van der Waals surface area contributed by atoms with Gasteiger partial charge in [-0.1, -0.05) is 11.6 Å². The Balaban J connectivity index is 2.35. The van der Waals surface area contributed by atoms with Gasteiger partial charge in [0.2, 0.25) is 11.8 Å². The van der Waals surface area contributed by atoms with Crippen molar-refractivity contribution < 1.29 is 9.59 Å². The molecule has 1 aliphatic heterocycles. The second-order valence-electron chi connectivity index (χ2n) is 4.36. The van der Waals surface area contributed by atoms with Gasteiger partial charge in [0, 0.05) is 22.5 Å². The summed E-state index contributed by atoms with van der Waals surface area (Å²) in [6, 6.07) is 3.57. The highest BCUT2D eigenvalue weighted by Gasteiger charge is 2.34. The summed E-state index contributed by atoms with van der Waals surface area (Å²) < 4.78 is 0.780. The number of anilines is 1. The maximum absolute atomic E-state index is 11.9. The van der Waals surface area contributed by atoms with E-state index in [1.807, 2.05) is 13.0 Å². The molecule has 0 bridgehead atoms. The van der Waals surface area contributed by atoms with Crippen LogP contribution in [-0.2, 0) is 9.59 Å². The largest absolute Gasteiger partial charge is 0.369 e. The van der Waals surface area contributed by atoms with E-state index in [2.05, 4.69) is 15.9 Å². The number of carbonyl (C=O) groups excluding carboxylic acids is 2. The van der Waals surface area contributed by atoms with Gasteiger partial charge in [0.15, 0.2) is 0 Å². The molecule has 2 N–H and O–H groups in total. The van der Waals surface area contributed by atoms with Crippen molar-refractivity contribution in [2.24, 2.45) is 11.7 Å². The van der Waals surface area contributed by atoms with Crippen molar-refractivity contribution in [2.75, 3.05) is 11.4 Å². The molecule has 18 heavy (non-hydrogen) atoms. The lowest BCUT2D eigenvalue weighted by atomic mass is 10.1. The summed E-state index contributed by atoms with van der Waals surface area (Å²) in [6.07, 6.45) is 0.160. The van der Waals surface area contributed by atoms with Crippen molar-refractivity contribution in [1.29, 1.82) is 0 Å². The van der Waals surface area contributed by atoms with Crippen LogP contribution in [0.2, 0.25) is 5.02 Å². The molecular weight excluding hydrogens is 320 g/mol. The minimum atomic E-state index is -0.444. The van der Waals surface area contributed by atoms with E-state index in [-0.39, 0.29) is 12.3 Å². The number of rotatable bonds is 2. The van der Waals surface area contributed by atoms with Gasteiger partial charge in [0.05, 0.1) is 11.6 Å². The van der Waals surface area contributed by atoms with Gasteiger partial charge in [0.25, 0.3) is 0 Å². The molecule has 1 aliphatic rings. The molecule has 2 rings (SSSR count). The van der Waals surface area contributed by atoms with E-state index in [1.54, 1.807) is 11.0 Å². The first kappa shape index (κ1) is 13.4. The molecule has 1 saturated heterocycles. The van der Waals surface area contributed by atoms with Crippen LogP contribution in [0.15, 0.2) is 16.6 Å². The third-order valence-corrected chi connectivity index (χ3v) is 4.09. The van der Waals surface area contributed by atoms with Crippen LogP contribution in [0, 0.1) is 12.8 Å². The molecule has 0 aromatic heterocycles. The number of aryl methyl sites for hydroxylation is 1. The van der Waals surface area contributed by atoms with E-state index in [1.165, 1.54) is 0 Å². The van der Waals surface area contributed by atoms with Crippen LogP contribution < -0.4 is 10.6 Å². The fraction of sp³-hybridized carbons (Fsp3) is 0.333. The van der Waals surface area contributed by atoms with Gasteiger partial charge in [-0.2, -0.15) is 0 Å². The van der Waals surface area contributed by atoms with E-state index < -0.39 is 11.8 Å². The summed E-state index contributed by atoms with van der Waals surface area (Å²) >= 11 is 9.47. The smallest absolute Gasteiger partial charge is 0.227 e. The first-order valence-corrected chi connectivity index (χ1v) is 6.62. The van der Waals surface area contributed by atoms with Crippen molar-refractivity contribution in [3.8, 4) is 0 Å². The Morgan fingerprint density at radius 1 is 1.56 bits per heavy atom. The first-order chi connectivity index (χ1) is 8.40. The van der Waals surface area contributed by atoms with Crippen LogP contribution >= 0.6 is 27.5 Å². The lowest BCUT2D eigenvalue weighted by molar-refractivity contribution is -0.123. The van der Waals surface area contributed by atoms with Gasteiger partial charge in [0.1, 0.15) is 0 Å². The van der Waals surface area contributed by atoms with E-state index in [0.29, 0.717) is 17.3 Å². The first-order valence-electron chi connectivity index (χ1n) is 5.45. The molecule has 1 aromatic rings. The average molecular weight is 332 g/mol. The van der Waals surface area contributed by atoms with E-state index >= 15 is 0 Å². The molecular formula is C12H12BrClN2O2. The summed E-state index contributed by atoms with van der Waals surface area (Å²) in [6.45, 7) is 2.20. The molecule has 4 nitrogen and oxygen atoms in total. The Morgan fingerprint density at radius 2 is 2.22 bits per heavy atom. The number of halogens is 2. The third-order valence-electron chi connectivity index (χ3n) is 3.05. The molecule has 96 valence electrons. The van der Waals surface area contributed by atoms with Gasteiger partial charge >= 0.3 is 0 Å². The van der Waals surface area contributed by atoms with Crippen molar-refractivity contribution in [3.63, 3.8) is 0 Å². The maximum atomic E-state index is 11.9. The minimum absolute atomic E-state index is 0.112. The van der Waals surface area contributed by atoms with Crippen LogP contribution in [0.1, 0.15) is 12.0 Å². The van der Waals surface area contributed by atoms with Gasteiger partial charge in [-0.25, -0.2) is 0 Å². The van der Waals surface area contributed by atoms with Crippen molar-refractivity contribution in [3.05, 3.63) is 27.2 Å². The molecule has 0 saturated carbocycles. The zero-order valence-electron chi connectivity index (χ0n) is 9.74. The minimum Gasteiger partial charge on any atom is -0.369 e. The van der Waals surface area contributed by atoms with Crippen LogP contribution in [0.3, 0.4) is 0 Å². The molecule has 0 aliphatic carbocycles. The fourth-order valence-corrected chi connectivity index (χ4v) is 2.80. The van der Waals surface area contributed by atoms with Gasteiger partial charge in [-0.15, -0.1) is 0 Å². The summed E-state index contributed by atoms with van der Waals surface area (Å²) in [5.74, 6) is -0.982. The van der Waals surface area contributed by atoms with E-state index in [0.717, 1.165) is 10.0 Å². The van der Waals surface area contributed by atoms with Crippen LogP contribution in [0.5, 0.6) is 0 Å². The van der Waals surface area contributed by atoms with E-state index in [9.17, 15) is 9.59 Å². The highest BCUT2D eigenvalue weighted by Crippen LogP contribution is 2.35. The topological polar surface area (TPSA) is 63.4 Å². The number of nitrogens with zero attached hydrogens (tertiary/aromatic N) is 1. The SMILES string of the molecule is Cc1cc(Br)c(N2CC(C(N)=O)CC2=O)cc1Cl. The van der Waals surface area contributed by atoms with Crippen molar-refractivity contribution in [1.82, 2.24) is 0 Å². The summed E-state index contributed by atoms with van der Waals surface area (Å²) in [5, 5.41) is 0.587. The molecule has 2 amide bonds. The zero-order valence-corrected chi connectivity index (χ0v) is 12.1. The quantitative estimate of drug-likeness (QED) is 0.903. The zero-order chi connectivity index (χ0) is 13.4. The highest BCUT2D eigenvalue weighted by atomic mass is 79.9. The third kappa shape index (κ3) is 2.37. The van der Waals surface area contributed by atoms with Gasteiger partial charge < -0.3 is 10.6 Å². The average Bonchev–Trinajstić information content (AvgIpc) is 2.66. The molecule has 0 radical (unpaired) electrons. The van der Waals surface area contributed by atoms with Crippen molar-refractivity contribution >= 4 is 45.0 Å². The maximum Gasteiger partial charge on any atom is 0.227 e. The lowest BCUT2D eigenvalue weighted by Crippen LogP contribution is -2.28. The van der Waals surface area contributed by atoms with E-state index in [4.69, 9.17) is 17.3 Å². The predicted octanol–water partition coefficient (Wildman–Crippen LogP) is 2.25. The fourth-order valence-electron chi connectivity index (χ4n) is 1.97. The number of nitrogens with two attached hydrogens (primary N) is 1. The van der Waals surface area contributed by atoms with Gasteiger partial charge in [-0.3, -0.25) is 9.59 Å². The Morgan fingerprint density at radius 3 is 2.78 bits per heavy atom. The molecule has 0 spiro atoms. The highest BCUT2D eigenvalue weighted by molar-refractivity contribution is 9.10. The summed E-state index contributed by atoms with van der Waals surface area (Å²) in [5.41, 5.74) is 6.84. The summed E-state index contributed by atoms with van der Waals surface area (Å²) in [7, 11) is 0. The normalized spacial score (nSPS) is 19.4. The number of carbonyl (C=O) groups is 2. The summed E-state index contributed by atoms with van der Waals surface area (Å²) in [4.78, 5) is 24.6. The Kier molecular flexibility index (Phi) is 3.64. The monoisotopic (exact) mass is 330 g/mol. The Hall–Kier alpha value is -1.07. The number of hydrogen-bond donors (Lipinski definition) is 1. The number of amides is 2. The Labute approximate surface area is 118 Å². The predicted molar refractivity (Wildman–Crippen MR) is 73.5 cm³/mol. The number of hydrogen-bond acceptors (Lipinski definition) is 2. The van der Waals surface area contributed by atoms with Crippen LogP contribution in [0.25, 0.3) is 0 Å². The molecule has 1 unspecified atom stereocenters. The lowest BCUT2D eigenvalue weighted by Gasteiger charge is -2.19. The van der Waals surface area contributed by atoms with Gasteiger partial charge in [-0.05, 0) is 40.5 Å². The second kappa shape index (κ2) is 4.90. The van der Waals surface area contributed by atoms with Crippen LogP contribution in [0.4, 0.5) is 5.69 Å².